The topological polar surface area (TPSA) is 22.1 Å². The molecule has 36 heavy (non-hydrogen) atoms. The van der Waals surface area contributed by atoms with Crippen molar-refractivity contribution in [1.29, 1.82) is 0 Å². The molecule has 0 saturated carbocycles. The monoisotopic (exact) mass is 473 g/mol. The molecular weight excluding hydrogens is 451 g/mol. The van der Waals surface area contributed by atoms with E-state index >= 15 is 0 Å². The summed E-state index contributed by atoms with van der Waals surface area (Å²) in [6.45, 7) is 0. The quantitative estimate of drug-likeness (QED) is 0.250. The minimum Gasteiger partial charge on any atom is -0.505 e. The lowest BCUT2D eigenvalue weighted by Gasteiger charge is -2.30. The van der Waals surface area contributed by atoms with Crippen molar-refractivity contribution in [2.75, 3.05) is 0 Å². The first kappa shape index (κ1) is 21.3. The highest BCUT2D eigenvalue weighted by molar-refractivity contribution is 6.35. The van der Waals surface area contributed by atoms with Crippen molar-refractivity contribution >= 4 is 18.2 Å². The van der Waals surface area contributed by atoms with E-state index in [9.17, 15) is 8.63 Å². The largest absolute Gasteiger partial charge is 0.796 e. The summed E-state index contributed by atoms with van der Waals surface area (Å²) >= 11 is 0. The first-order chi connectivity index (χ1) is 17.7. The zero-order valence-electron chi connectivity index (χ0n) is 19.6. The van der Waals surface area contributed by atoms with Crippen LogP contribution in [-0.4, -0.2) is 12.5 Å². The average Bonchev–Trinajstić information content (AvgIpc) is 2.91. The summed E-state index contributed by atoms with van der Waals surface area (Å²) in [4.78, 5) is 5.29. The Morgan fingerprint density at radius 2 is 1.31 bits per heavy atom. The van der Waals surface area contributed by atoms with E-state index in [1.54, 1.807) is 6.07 Å². The van der Waals surface area contributed by atoms with Gasteiger partial charge in [0.1, 0.15) is 5.75 Å². The Morgan fingerprint density at radius 1 is 0.639 bits per heavy atom. The standard InChI is InChI=1S/C31H22BF2NO/c33-32(34)36-27-18-15-21-9-3-6-12-24(21)30(27)31-29-23-11-5-2-7-19(23)13-16-25(29)28-22-10-4-1-8-20(22)14-17-26(28)35-31/h1-12,15,18H,13-14,16-17H2. The predicted molar refractivity (Wildman–Crippen MR) is 141 cm³/mol. The second kappa shape index (κ2) is 8.30. The lowest BCUT2D eigenvalue weighted by molar-refractivity contribution is 0.427. The molecule has 2 aliphatic rings. The lowest BCUT2D eigenvalue weighted by Crippen LogP contribution is -2.16. The van der Waals surface area contributed by atoms with Crippen molar-refractivity contribution in [2.45, 2.75) is 25.7 Å². The van der Waals surface area contributed by atoms with E-state index in [0.717, 1.165) is 59.0 Å². The molecule has 1 heterocycles. The Morgan fingerprint density at radius 3 is 2.08 bits per heavy atom. The van der Waals surface area contributed by atoms with Gasteiger partial charge in [-0.15, -0.1) is 0 Å². The van der Waals surface area contributed by atoms with Gasteiger partial charge in [-0.2, -0.15) is 0 Å². The zero-order valence-corrected chi connectivity index (χ0v) is 19.6. The fraction of sp³-hybridized carbons (Fsp3) is 0.129. The number of pyridine rings is 1. The minimum absolute atomic E-state index is 0.164. The fourth-order valence-electron chi connectivity index (χ4n) is 6.08. The van der Waals surface area contributed by atoms with Gasteiger partial charge in [-0.25, -0.2) is 8.63 Å². The van der Waals surface area contributed by atoms with E-state index in [2.05, 4.69) is 42.5 Å². The highest BCUT2D eigenvalue weighted by Gasteiger charge is 2.31. The zero-order chi connectivity index (χ0) is 24.2. The van der Waals surface area contributed by atoms with Crippen molar-refractivity contribution in [3.05, 3.63) is 107 Å². The second-order valence-corrected chi connectivity index (χ2v) is 9.49. The van der Waals surface area contributed by atoms with Gasteiger partial charge in [-0.3, -0.25) is 4.98 Å². The van der Waals surface area contributed by atoms with Crippen LogP contribution in [0.3, 0.4) is 0 Å². The molecule has 174 valence electrons. The summed E-state index contributed by atoms with van der Waals surface area (Å²) in [6.07, 6.45) is 3.57. The third-order valence-corrected chi connectivity index (χ3v) is 7.57. The van der Waals surface area contributed by atoms with Gasteiger partial charge in [0, 0.05) is 22.4 Å². The molecule has 0 atom stereocenters. The smallest absolute Gasteiger partial charge is 0.505 e. The van der Waals surface area contributed by atoms with Crippen molar-refractivity contribution < 1.29 is 13.3 Å². The summed E-state index contributed by atoms with van der Waals surface area (Å²) in [5.41, 5.74) is 10.9. The van der Waals surface area contributed by atoms with Gasteiger partial charge >= 0.3 is 7.47 Å². The summed E-state index contributed by atoms with van der Waals surface area (Å²) in [7, 11) is -2.92. The van der Waals surface area contributed by atoms with Crippen molar-refractivity contribution in [1.82, 2.24) is 4.98 Å². The first-order valence-corrected chi connectivity index (χ1v) is 12.4. The molecule has 5 aromatic rings. The molecule has 0 unspecified atom stereocenters. The molecular formula is C31H22BF2NO. The Balaban J connectivity index is 1.62. The van der Waals surface area contributed by atoms with Gasteiger partial charge < -0.3 is 4.65 Å². The van der Waals surface area contributed by atoms with Crippen LogP contribution in [0, 0.1) is 0 Å². The van der Waals surface area contributed by atoms with Crippen molar-refractivity contribution in [3.8, 4) is 39.3 Å². The van der Waals surface area contributed by atoms with Gasteiger partial charge in [0.15, 0.2) is 0 Å². The molecule has 0 fully saturated rings. The van der Waals surface area contributed by atoms with Crippen LogP contribution >= 0.6 is 0 Å². The van der Waals surface area contributed by atoms with Gasteiger partial charge in [-0.05, 0) is 70.3 Å². The molecule has 4 aromatic carbocycles. The molecule has 0 aliphatic heterocycles. The molecule has 0 spiro atoms. The molecule has 0 N–H and O–H groups in total. The van der Waals surface area contributed by atoms with E-state index in [1.165, 1.54) is 27.8 Å². The predicted octanol–water partition coefficient (Wildman–Crippen LogP) is 7.74. The lowest BCUT2D eigenvalue weighted by atomic mass is 9.76. The maximum Gasteiger partial charge on any atom is 0.796 e. The number of fused-ring (bicyclic) bond motifs is 8. The number of hydrogen-bond acceptors (Lipinski definition) is 2. The average molecular weight is 473 g/mol. The van der Waals surface area contributed by atoms with Gasteiger partial charge in [0.2, 0.25) is 0 Å². The number of hydrogen-bond donors (Lipinski definition) is 0. The van der Waals surface area contributed by atoms with E-state index < -0.39 is 7.47 Å². The second-order valence-electron chi connectivity index (χ2n) is 9.49. The fourth-order valence-corrected chi connectivity index (χ4v) is 6.08. The third kappa shape index (κ3) is 3.26. The van der Waals surface area contributed by atoms with E-state index in [1.807, 2.05) is 36.4 Å². The van der Waals surface area contributed by atoms with Crippen molar-refractivity contribution in [3.63, 3.8) is 0 Å². The first-order valence-electron chi connectivity index (χ1n) is 12.4. The van der Waals surface area contributed by atoms with Crippen LogP contribution < -0.4 is 4.65 Å². The van der Waals surface area contributed by atoms with Crippen molar-refractivity contribution in [2.24, 2.45) is 0 Å². The Hall–Kier alpha value is -3.99. The Labute approximate surface area is 208 Å². The Kier molecular flexibility index (Phi) is 4.91. The van der Waals surface area contributed by atoms with Gasteiger partial charge in [0.25, 0.3) is 0 Å². The maximum atomic E-state index is 13.6. The summed E-state index contributed by atoms with van der Waals surface area (Å²) in [6, 6.07) is 28.4. The molecule has 5 heteroatoms. The number of rotatable bonds is 3. The maximum absolute atomic E-state index is 13.6. The van der Waals surface area contributed by atoms with Crippen LogP contribution in [0.1, 0.15) is 22.4 Å². The summed E-state index contributed by atoms with van der Waals surface area (Å²) in [5, 5.41) is 1.83. The van der Waals surface area contributed by atoms with E-state index in [-0.39, 0.29) is 5.75 Å². The SMILES string of the molecule is FB(F)Oc1ccc2ccccc2c1-c1nc2c(c3c1-c1ccccc1CC3)-c1ccccc1CC2. The van der Waals surface area contributed by atoms with E-state index in [4.69, 9.17) is 9.64 Å². The third-order valence-electron chi connectivity index (χ3n) is 7.57. The normalized spacial score (nSPS) is 13.4. The highest BCUT2D eigenvalue weighted by Crippen LogP contribution is 2.50. The number of aromatic nitrogens is 1. The molecule has 0 saturated heterocycles. The van der Waals surface area contributed by atoms with Crippen LogP contribution in [0.15, 0.2) is 84.9 Å². The Bertz CT molecular complexity index is 1660. The molecule has 0 radical (unpaired) electrons. The molecule has 0 amide bonds. The summed E-state index contributed by atoms with van der Waals surface area (Å²) < 4.78 is 32.3. The number of halogens is 2. The molecule has 2 nitrogen and oxygen atoms in total. The van der Waals surface area contributed by atoms with E-state index in [0.29, 0.717) is 5.56 Å². The van der Waals surface area contributed by atoms with Gasteiger partial charge in [-0.1, -0.05) is 78.9 Å². The summed E-state index contributed by atoms with van der Waals surface area (Å²) in [5.74, 6) is 0.164. The van der Waals surface area contributed by atoms with Crippen LogP contribution in [0.2, 0.25) is 0 Å². The molecule has 2 aliphatic carbocycles. The number of benzene rings is 4. The van der Waals surface area contributed by atoms with Crippen LogP contribution in [0.25, 0.3) is 44.3 Å². The highest BCUT2D eigenvalue weighted by atomic mass is 19.2. The van der Waals surface area contributed by atoms with Gasteiger partial charge in [0.05, 0.1) is 5.69 Å². The molecule has 0 bridgehead atoms. The number of aryl methyl sites for hydroxylation is 3. The van der Waals surface area contributed by atoms with Crippen LogP contribution in [0.5, 0.6) is 5.75 Å². The number of nitrogens with zero attached hydrogens (tertiary/aromatic N) is 1. The molecule has 7 rings (SSSR count). The minimum atomic E-state index is -2.92. The molecule has 1 aromatic heterocycles. The van der Waals surface area contributed by atoms with Crippen LogP contribution in [0.4, 0.5) is 8.63 Å². The van der Waals surface area contributed by atoms with Crippen LogP contribution in [-0.2, 0) is 25.7 Å².